The average molecular weight is 439 g/mol. The van der Waals surface area contributed by atoms with Gasteiger partial charge in [0.25, 0.3) is 5.91 Å². The van der Waals surface area contributed by atoms with Gasteiger partial charge in [0.2, 0.25) is 0 Å². The predicted octanol–water partition coefficient (Wildman–Crippen LogP) is 5.82. The van der Waals surface area contributed by atoms with Gasteiger partial charge in [-0.05, 0) is 66.2 Å². The molecule has 0 bridgehead atoms. The van der Waals surface area contributed by atoms with E-state index in [0.29, 0.717) is 27.0 Å². The summed E-state index contributed by atoms with van der Waals surface area (Å²) in [6, 6.07) is 20.0. The molecule has 0 aromatic heterocycles. The van der Waals surface area contributed by atoms with Gasteiger partial charge in [0.1, 0.15) is 29.7 Å². The fraction of sp³-hybridized carbons (Fsp3) is 0.0435. The Labute approximate surface area is 183 Å². The van der Waals surface area contributed by atoms with Crippen LogP contribution in [0.15, 0.2) is 72.3 Å². The second-order valence-corrected chi connectivity index (χ2v) is 7.14. The summed E-state index contributed by atoms with van der Waals surface area (Å²) in [5.74, 6) is -0.0574. The largest absolute Gasteiger partial charge is 0.508 e. The number of nitrogens with zero attached hydrogens (tertiary/aromatic N) is 1. The Bertz CT molecular complexity index is 1140. The summed E-state index contributed by atoms with van der Waals surface area (Å²) >= 11 is 12.1. The molecule has 0 spiro atoms. The van der Waals surface area contributed by atoms with Gasteiger partial charge in [-0.3, -0.25) is 4.79 Å². The fourth-order valence-corrected chi connectivity index (χ4v) is 2.99. The second kappa shape index (κ2) is 9.84. The van der Waals surface area contributed by atoms with Crippen molar-refractivity contribution in [3.63, 3.8) is 0 Å². The van der Waals surface area contributed by atoms with Crippen LogP contribution in [0.5, 0.6) is 11.5 Å². The summed E-state index contributed by atoms with van der Waals surface area (Å²) in [5.41, 5.74) is 1.68. The molecule has 7 heteroatoms. The van der Waals surface area contributed by atoms with Gasteiger partial charge < -0.3 is 15.2 Å². The molecule has 0 aliphatic rings. The number of carbonyl (C=O) groups is 1. The smallest absolute Gasteiger partial charge is 0.266 e. The van der Waals surface area contributed by atoms with Crippen LogP contribution < -0.4 is 10.1 Å². The number of rotatable bonds is 6. The number of anilines is 1. The van der Waals surface area contributed by atoms with Crippen molar-refractivity contribution in [3.8, 4) is 17.6 Å². The van der Waals surface area contributed by atoms with Crippen molar-refractivity contribution < 1.29 is 14.6 Å². The van der Waals surface area contributed by atoms with Crippen molar-refractivity contribution in [2.45, 2.75) is 6.61 Å². The minimum Gasteiger partial charge on any atom is -0.508 e. The molecule has 0 fully saturated rings. The normalized spacial score (nSPS) is 10.9. The number of aromatic hydroxyl groups is 1. The van der Waals surface area contributed by atoms with Crippen LogP contribution >= 0.6 is 23.2 Å². The number of ether oxygens (including phenoxy) is 1. The molecule has 0 aliphatic carbocycles. The summed E-state index contributed by atoms with van der Waals surface area (Å²) in [6.07, 6.45) is 1.41. The highest BCUT2D eigenvalue weighted by Crippen LogP contribution is 2.27. The van der Waals surface area contributed by atoms with Gasteiger partial charge in [0, 0.05) is 21.3 Å². The van der Waals surface area contributed by atoms with Crippen LogP contribution in [-0.4, -0.2) is 11.0 Å². The van der Waals surface area contributed by atoms with Crippen LogP contribution in [0.3, 0.4) is 0 Å². The molecule has 0 saturated carbocycles. The summed E-state index contributed by atoms with van der Waals surface area (Å²) in [5, 5.41) is 22.5. The molecular weight excluding hydrogens is 423 g/mol. The second-order valence-electron chi connectivity index (χ2n) is 6.27. The summed E-state index contributed by atoms with van der Waals surface area (Å²) < 4.78 is 5.86. The van der Waals surface area contributed by atoms with Gasteiger partial charge in [-0.15, -0.1) is 0 Å². The molecular formula is C23H16Cl2N2O3. The molecule has 1 amide bonds. The van der Waals surface area contributed by atoms with E-state index in [1.807, 2.05) is 18.2 Å². The highest BCUT2D eigenvalue weighted by molar-refractivity contribution is 6.31. The molecule has 0 aliphatic heterocycles. The maximum atomic E-state index is 12.5. The standard InChI is InChI=1S/C23H16Cl2N2O3/c24-18-3-1-2-15(10-18)14-30-22-9-4-19(25)12-16(22)11-17(13-26)23(29)27-20-5-7-21(28)8-6-20/h1-12,28H,14H2,(H,27,29)/b17-11+. The Morgan fingerprint density at radius 1 is 1.07 bits per heavy atom. The molecule has 0 saturated heterocycles. The number of amides is 1. The van der Waals surface area contributed by atoms with Crippen LogP contribution in [0.4, 0.5) is 5.69 Å². The zero-order valence-electron chi connectivity index (χ0n) is 15.6. The van der Waals surface area contributed by atoms with Crippen molar-refractivity contribution in [2.75, 3.05) is 5.32 Å². The number of nitriles is 1. The van der Waals surface area contributed by atoms with Crippen molar-refractivity contribution in [2.24, 2.45) is 0 Å². The van der Waals surface area contributed by atoms with Crippen LogP contribution in [0.1, 0.15) is 11.1 Å². The van der Waals surface area contributed by atoms with Gasteiger partial charge >= 0.3 is 0 Å². The molecule has 3 aromatic rings. The zero-order chi connectivity index (χ0) is 21.5. The number of phenolic OH excluding ortho intramolecular Hbond substituents is 1. The van der Waals surface area contributed by atoms with Gasteiger partial charge in [0.05, 0.1) is 0 Å². The maximum Gasteiger partial charge on any atom is 0.266 e. The highest BCUT2D eigenvalue weighted by atomic mass is 35.5. The molecule has 0 atom stereocenters. The quantitative estimate of drug-likeness (QED) is 0.288. The van der Waals surface area contributed by atoms with E-state index in [1.165, 1.54) is 30.3 Å². The number of carbonyl (C=O) groups excluding carboxylic acids is 1. The lowest BCUT2D eigenvalue weighted by atomic mass is 10.1. The number of halogens is 2. The molecule has 3 aromatic carbocycles. The molecule has 0 heterocycles. The van der Waals surface area contributed by atoms with Crippen LogP contribution in [0.25, 0.3) is 6.08 Å². The van der Waals surface area contributed by atoms with Gasteiger partial charge in [-0.25, -0.2) is 0 Å². The first-order chi connectivity index (χ1) is 14.4. The first-order valence-electron chi connectivity index (χ1n) is 8.83. The summed E-state index contributed by atoms with van der Waals surface area (Å²) in [6.45, 7) is 0.255. The van der Waals surface area contributed by atoms with E-state index < -0.39 is 5.91 Å². The highest BCUT2D eigenvalue weighted by Gasteiger charge is 2.12. The molecule has 0 radical (unpaired) electrons. The van der Waals surface area contributed by atoms with Gasteiger partial charge in [-0.1, -0.05) is 35.3 Å². The van der Waals surface area contributed by atoms with Gasteiger partial charge in [-0.2, -0.15) is 5.26 Å². The third kappa shape index (κ3) is 5.77. The van der Waals surface area contributed by atoms with Crippen molar-refractivity contribution in [3.05, 3.63) is 93.5 Å². The molecule has 3 rings (SSSR count). The summed E-state index contributed by atoms with van der Waals surface area (Å²) in [4.78, 5) is 12.5. The van der Waals surface area contributed by atoms with Crippen LogP contribution in [-0.2, 0) is 11.4 Å². The number of hydrogen-bond donors (Lipinski definition) is 2. The van der Waals surface area contributed by atoms with Crippen molar-refractivity contribution >= 4 is 40.9 Å². The lowest BCUT2D eigenvalue weighted by Gasteiger charge is -2.11. The third-order valence-electron chi connectivity index (χ3n) is 4.05. The molecule has 5 nitrogen and oxygen atoms in total. The van der Waals surface area contributed by atoms with Crippen molar-refractivity contribution in [1.82, 2.24) is 0 Å². The number of nitrogens with one attached hydrogen (secondary N) is 1. The minimum absolute atomic E-state index is 0.0736. The molecule has 30 heavy (non-hydrogen) atoms. The zero-order valence-corrected chi connectivity index (χ0v) is 17.1. The Morgan fingerprint density at radius 3 is 2.50 bits per heavy atom. The van der Waals surface area contributed by atoms with E-state index in [4.69, 9.17) is 27.9 Å². The third-order valence-corrected chi connectivity index (χ3v) is 4.52. The minimum atomic E-state index is -0.594. The first kappa shape index (κ1) is 21.3. The molecule has 150 valence electrons. The average Bonchev–Trinajstić information content (AvgIpc) is 2.73. The van der Waals surface area contributed by atoms with Crippen LogP contribution in [0, 0.1) is 11.3 Å². The van der Waals surface area contributed by atoms with E-state index in [1.54, 1.807) is 30.3 Å². The number of benzene rings is 3. The summed E-state index contributed by atoms with van der Waals surface area (Å²) in [7, 11) is 0. The monoisotopic (exact) mass is 438 g/mol. The number of phenols is 1. The van der Waals surface area contributed by atoms with Crippen LogP contribution in [0.2, 0.25) is 10.0 Å². The lowest BCUT2D eigenvalue weighted by molar-refractivity contribution is -0.112. The molecule has 2 N–H and O–H groups in total. The SMILES string of the molecule is N#C/C(=C\c1cc(Cl)ccc1OCc1cccc(Cl)c1)C(=O)Nc1ccc(O)cc1. The maximum absolute atomic E-state index is 12.5. The van der Waals surface area contributed by atoms with Gasteiger partial charge in [0.15, 0.2) is 0 Å². The Balaban J connectivity index is 1.82. The fourth-order valence-electron chi connectivity index (χ4n) is 2.60. The van der Waals surface area contributed by atoms with E-state index in [0.717, 1.165) is 5.56 Å². The topological polar surface area (TPSA) is 82.3 Å². The van der Waals surface area contributed by atoms with E-state index in [9.17, 15) is 15.2 Å². The number of hydrogen-bond acceptors (Lipinski definition) is 4. The first-order valence-corrected chi connectivity index (χ1v) is 9.59. The van der Waals surface area contributed by atoms with Crippen molar-refractivity contribution in [1.29, 1.82) is 5.26 Å². The Morgan fingerprint density at radius 2 is 1.80 bits per heavy atom. The Kier molecular flexibility index (Phi) is 6.97. The lowest BCUT2D eigenvalue weighted by Crippen LogP contribution is -2.13. The van der Waals surface area contributed by atoms with E-state index in [-0.39, 0.29) is 17.9 Å². The van der Waals surface area contributed by atoms with E-state index in [2.05, 4.69) is 5.32 Å². The predicted molar refractivity (Wildman–Crippen MR) is 118 cm³/mol. The van der Waals surface area contributed by atoms with E-state index >= 15 is 0 Å². The Hall–Kier alpha value is -3.46. The molecule has 0 unspecified atom stereocenters.